The third-order valence-corrected chi connectivity index (χ3v) is 8.41. The van der Waals surface area contributed by atoms with Crippen molar-refractivity contribution in [2.75, 3.05) is 21.3 Å². The Labute approximate surface area is 248 Å². The molecule has 0 unspecified atom stereocenters. The first-order valence-electron chi connectivity index (χ1n) is 14.2. The molecule has 8 aromatic rings. The normalized spacial score (nSPS) is 11.6. The first-order valence-corrected chi connectivity index (χ1v) is 14.2. The lowest BCUT2D eigenvalue weighted by molar-refractivity contribution is 0.414. The minimum atomic E-state index is 0.835. The summed E-state index contributed by atoms with van der Waals surface area (Å²) in [5.41, 5.74) is 7.83. The van der Waals surface area contributed by atoms with Gasteiger partial charge in [-0.15, -0.1) is 0 Å². The lowest BCUT2D eigenvalue weighted by Gasteiger charge is -2.10. The van der Waals surface area contributed by atoms with Gasteiger partial charge in [-0.2, -0.15) is 0 Å². The van der Waals surface area contributed by atoms with E-state index < -0.39 is 0 Å². The Bertz CT molecular complexity index is 2170. The largest absolute Gasteiger partial charge is 0.497 e. The monoisotopic (exact) mass is 563 g/mol. The fraction of sp³-hybridized carbons (Fsp3) is 0.0811. The molecule has 6 nitrogen and oxygen atoms in total. The molecule has 0 N–H and O–H groups in total. The molecular weight excluding hydrogens is 534 g/mol. The van der Waals surface area contributed by atoms with Crippen LogP contribution in [0.15, 0.2) is 122 Å². The maximum absolute atomic E-state index is 5.45. The van der Waals surface area contributed by atoms with Crippen LogP contribution in [0.1, 0.15) is 0 Å². The van der Waals surface area contributed by atoms with Gasteiger partial charge >= 0.3 is 0 Å². The van der Waals surface area contributed by atoms with E-state index in [2.05, 4.69) is 111 Å². The maximum atomic E-state index is 5.45. The molecule has 0 atom stereocenters. The van der Waals surface area contributed by atoms with E-state index in [9.17, 15) is 0 Å². The third-order valence-electron chi connectivity index (χ3n) is 8.41. The quantitative estimate of drug-likeness (QED) is 0.203. The van der Waals surface area contributed by atoms with Crippen LogP contribution in [0.4, 0.5) is 0 Å². The van der Waals surface area contributed by atoms with E-state index in [1.807, 2.05) is 24.3 Å². The fourth-order valence-electron chi connectivity index (χ4n) is 6.25. The van der Waals surface area contributed by atoms with Crippen molar-refractivity contribution in [3.8, 4) is 34.3 Å². The van der Waals surface area contributed by atoms with Gasteiger partial charge in [-0.25, -0.2) is 0 Å². The minimum Gasteiger partial charge on any atom is -0.497 e. The Hall–Kier alpha value is -5.62. The van der Waals surface area contributed by atoms with Crippen molar-refractivity contribution < 1.29 is 14.2 Å². The van der Waals surface area contributed by atoms with Crippen molar-refractivity contribution in [2.45, 2.75) is 0 Å². The van der Waals surface area contributed by atoms with Crippen LogP contribution in [0.3, 0.4) is 0 Å². The molecule has 6 heteroatoms. The Morgan fingerprint density at radius 3 is 1.28 bits per heavy atom. The van der Waals surface area contributed by atoms with Crippen LogP contribution in [0.5, 0.6) is 17.2 Å². The Morgan fingerprint density at radius 1 is 0.395 bits per heavy atom. The molecule has 0 saturated heterocycles. The van der Waals surface area contributed by atoms with Gasteiger partial charge in [-0.05, 0) is 109 Å². The van der Waals surface area contributed by atoms with Gasteiger partial charge in [0.05, 0.1) is 43.4 Å². The van der Waals surface area contributed by atoms with Gasteiger partial charge in [0.25, 0.3) is 0 Å². The standard InChI is InChI=1S/C37H29N3O3/c1-41-29-8-4-26(5-9-29)40-36-12-6-27(38-18-16-24-20-30(42-2)10-14-34(24)38)22-32(36)33-23-28(7-13-37(33)40)39-19-17-25-21-31(43-3)11-15-35(25)39/h4-23H,1-3H3. The number of aromatic nitrogens is 3. The summed E-state index contributed by atoms with van der Waals surface area (Å²) in [5.74, 6) is 2.54. The highest BCUT2D eigenvalue weighted by Gasteiger charge is 2.16. The van der Waals surface area contributed by atoms with Crippen molar-refractivity contribution in [1.82, 2.24) is 13.7 Å². The molecule has 0 aliphatic carbocycles. The summed E-state index contributed by atoms with van der Waals surface area (Å²) in [6.07, 6.45) is 4.25. The second kappa shape index (κ2) is 9.74. The van der Waals surface area contributed by atoms with E-state index in [1.54, 1.807) is 21.3 Å². The Kier molecular flexibility index (Phi) is 5.69. The van der Waals surface area contributed by atoms with Crippen LogP contribution >= 0.6 is 0 Å². The molecule has 0 fully saturated rings. The Morgan fingerprint density at radius 2 is 0.814 bits per heavy atom. The molecule has 0 radical (unpaired) electrons. The number of benzene rings is 5. The van der Waals surface area contributed by atoms with Gasteiger partial charge < -0.3 is 27.9 Å². The van der Waals surface area contributed by atoms with E-state index in [0.29, 0.717) is 0 Å². The number of methoxy groups -OCH3 is 3. The molecule has 8 rings (SSSR count). The van der Waals surface area contributed by atoms with E-state index in [0.717, 1.165) is 67.1 Å². The molecule has 0 spiro atoms. The van der Waals surface area contributed by atoms with Gasteiger partial charge in [-0.1, -0.05) is 0 Å². The second-order valence-electron chi connectivity index (χ2n) is 10.7. The molecule has 0 bridgehead atoms. The topological polar surface area (TPSA) is 42.5 Å². The van der Waals surface area contributed by atoms with Crippen molar-refractivity contribution in [2.24, 2.45) is 0 Å². The van der Waals surface area contributed by atoms with Crippen molar-refractivity contribution in [3.63, 3.8) is 0 Å². The molecule has 3 aromatic heterocycles. The zero-order valence-electron chi connectivity index (χ0n) is 24.1. The van der Waals surface area contributed by atoms with E-state index in [-0.39, 0.29) is 0 Å². The van der Waals surface area contributed by atoms with E-state index >= 15 is 0 Å². The average Bonchev–Trinajstić information content (AvgIpc) is 3.77. The van der Waals surface area contributed by atoms with Crippen LogP contribution in [0.2, 0.25) is 0 Å². The summed E-state index contributed by atoms with van der Waals surface area (Å²) in [4.78, 5) is 0. The molecule has 210 valence electrons. The van der Waals surface area contributed by atoms with E-state index in [1.165, 1.54) is 10.8 Å². The highest BCUT2D eigenvalue weighted by molar-refractivity contribution is 6.10. The fourth-order valence-corrected chi connectivity index (χ4v) is 6.25. The molecule has 0 aliphatic rings. The number of rotatable bonds is 6. The van der Waals surface area contributed by atoms with Crippen LogP contribution in [0.25, 0.3) is 60.7 Å². The van der Waals surface area contributed by atoms with Crippen molar-refractivity contribution in [3.05, 3.63) is 122 Å². The van der Waals surface area contributed by atoms with Gasteiger partial charge in [0.2, 0.25) is 0 Å². The second-order valence-corrected chi connectivity index (χ2v) is 10.7. The van der Waals surface area contributed by atoms with Crippen LogP contribution in [0, 0.1) is 0 Å². The smallest absolute Gasteiger partial charge is 0.119 e. The number of nitrogens with zero attached hydrogens (tertiary/aromatic N) is 3. The molecule has 0 aliphatic heterocycles. The summed E-state index contributed by atoms with van der Waals surface area (Å²) in [7, 11) is 5.10. The molecule has 43 heavy (non-hydrogen) atoms. The zero-order valence-corrected chi connectivity index (χ0v) is 24.1. The zero-order chi connectivity index (χ0) is 29.1. The molecular formula is C37H29N3O3. The lowest BCUT2D eigenvalue weighted by atomic mass is 10.1. The average molecular weight is 564 g/mol. The predicted octanol–water partition coefficient (Wildman–Crippen LogP) is 8.70. The van der Waals surface area contributed by atoms with Gasteiger partial charge in [0, 0.05) is 51.0 Å². The number of fused-ring (bicyclic) bond motifs is 5. The summed E-state index contributed by atoms with van der Waals surface area (Å²) < 4.78 is 23.2. The summed E-state index contributed by atoms with van der Waals surface area (Å²) in [6, 6.07) is 38.3. The minimum absolute atomic E-state index is 0.835. The van der Waals surface area contributed by atoms with Crippen LogP contribution < -0.4 is 14.2 Å². The number of ether oxygens (including phenoxy) is 3. The summed E-state index contributed by atoms with van der Waals surface area (Å²) in [6.45, 7) is 0. The summed E-state index contributed by atoms with van der Waals surface area (Å²) in [5, 5.41) is 4.63. The Balaban J connectivity index is 1.36. The third kappa shape index (κ3) is 3.95. The number of hydrogen-bond acceptors (Lipinski definition) is 3. The van der Waals surface area contributed by atoms with Crippen molar-refractivity contribution in [1.29, 1.82) is 0 Å². The highest BCUT2D eigenvalue weighted by atomic mass is 16.5. The molecule has 0 saturated carbocycles. The molecule has 0 amide bonds. The first-order chi connectivity index (χ1) is 21.1. The lowest BCUT2D eigenvalue weighted by Crippen LogP contribution is -1.96. The predicted molar refractivity (Wildman–Crippen MR) is 174 cm³/mol. The molecule has 5 aromatic carbocycles. The van der Waals surface area contributed by atoms with Gasteiger partial charge in [0.1, 0.15) is 17.2 Å². The highest BCUT2D eigenvalue weighted by Crippen LogP contribution is 2.37. The molecule has 3 heterocycles. The SMILES string of the molecule is COc1ccc(-n2c3ccc(-n4ccc5cc(OC)ccc54)cc3c3cc(-n4ccc5cc(OC)ccc54)ccc32)cc1. The first kappa shape index (κ1) is 25.1. The van der Waals surface area contributed by atoms with Gasteiger partial charge in [-0.3, -0.25) is 0 Å². The summed E-state index contributed by atoms with van der Waals surface area (Å²) >= 11 is 0. The van der Waals surface area contributed by atoms with E-state index in [4.69, 9.17) is 14.2 Å². The van der Waals surface area contributed by atoms with Crippen LogP contribution in [-0.2, 0) is 0 Å². The number of hydrogen-bond donors (Lipinski definition) is 0. The van der Waals surface area contributed by atoms with Crippen LogP contribution in [-0.4, -0.2) is 35.0 Å². The maximum Gasteiger partial charge on any atom is 0.119 e. The van der Waals surface area contributed by atoms with Crippen molar-refractivity contribution >= 4 is 43.6 Å². The van der Waals surface area contributed by atoms with Gasteiger partial charge in [0.15, 0.2) is 0 Å².